The number of carbonyl (C=O) groups excluding carboxylic acids is 1. The molecule has 6 nitrogen and oxygen atoms in total. The predicted molar refractivity (Wildman–Crippen MR) is 102 cm³/mol. The van der Waals surface area contributed by atoms with Crippen molar-refractivity contribution < 1.29 is 9.21 Å². The lowest BCUT2D eigenvalue weighted by atomic mass is 10.2. The van der Waals surface area contributed by atoms with Crippen molar-refractivity contribution in [2.45, 2.75) is 13.5 Å². The molecular weight excluding hydrogens is 352 g/mol. The Morgan fingerprint density at radius 3 is 2.62 bits per heavy atom. The monoisotopic (exact) mass is 374 g/mol. The van der Waals surface area contributed by atoms with E-state index in [0.29, 0.717) is 30.4 Å². The molecule has 3 rings (SSSR count). The summed E-state index contributed by atoms with van der Waals surface area (Å²) in [5, 5.41) is 4.05. The van der Waals surface area contributed by atoms with Gasteiger partial charge in [0.15, 0.2) is 11.7 Å². The number of piperazine rings is 1. The molecule has 1 N–H and O–H groups in total. The highest BCUT2D eigenvalue weighted by molar-refractivity contribution is 6.30. The lowest BCUT2D eigenvalue weighted by molar-refractivity contribution is 0.0657. The number of benzene rings is 1. The molecule has 2 aromatic rings. The van der Waals surface area contributed by atoms with Crippen LogP contribution in [0.4, 0.5) is 0 Å². The lowest BCUT2D eigenvalue weighted by Gasteiger charge is -2.36. The number of hydrogen-bond donors (Lipinski definition) is 1. The van der Waals surface area contributed by atoms with Gasteiger partial charge in [-0.05, 0) is 36.8 Å². The second-order valence-electron chi connectivity index (χ2n) is 6.06. The van der Waals surface area contributed by atoms with Gasteiger partial charge in [-0.1, -0.05) is 23.7 Å². The second kappa shape index (κ2) is 8.76. The van der Waals surface area contributed by atoms with E-state index < -0.39 is 0 Å². The van der Waals surface area contributed by atoms with Gasteiger partial charge in [0.25, 0.3) is 5.91 Å². The van der Waals surface area contributed by atoms with Crippen LogP contribution < -0.4 is 5.32 Å². The molecule has 0 atom stereocenters. The van der Waals surface area contributed by atoms with Gasteiger partial charge in [0.05, 0.1) is 12.8 Å². The molecule has 0 spiro atoms. The van der Waals surface area contributed by atoms with E-state index >= 15 is 0 Å². The summed E-state index contributed by atoms with van der Waals surface area (Å²) in [5.74, 6) is 1.19. The zero-order chi connectivity index (χ0) is 18.4. The largest absolute Gasteiger partial charge is 0.459 e. The van der Waals surface area contributed by atoms with E-state index in [2.05, 4.69) is 10.2 Å². The third kappa shape index (κ3) is 4.58. The minimum absolute atomic E-state index is 0.0597. The van der Waals surface area contributed by atoms with Crippen LogP contribution in [0.25, 0.3) is 0 Å². The number of amides is 1. The van der Waals surface area contributed by atoms with Gasteiger partial charge in [-0.25, -0.2) is 4.99 Å². The summed E-state index contributed by atoms with van der Waals surface area (Å²) in [6, 6.07) is 11.2. The van der Waals surface area contributed by atoms with Crippen LogP contribution in [0.2, 0.25) is 5.02 Å². The highest BCUT2D eigenvalue weighted by Gasteiger charge is 2.25. The number of furan rings is 1. The van der Waals surface area contributed by atoms with Crippen molar-refractivity contribution in [2.75, 3.05) is 32.7 Å². The first kappa shape index (κ1) is 18.3. The third-order valence-corrected chi connectivity index (χ3v) is 4.47. The van der Waals surface area contributed by atoms with E-state index in [9.17, 15) is 4.79 Å². The van der Waals surface area contributed by atoms with Crippen molar-refractivity contribution >= 4 is 23.5 Å². The SMILES string of the molecule is CCNC(=NCc1cccc(Cl)c1)N1CCN(C(=O)c2ccco2)CC1. The molecule has 1 aromatic heterocycles. The van der Waals surface area contributed by atoms with Crippen molar-refractivity contribution in [2.24, 2.45) is 4.99 Å². The summed E-state index contributed by atoms with van der Waals surface area (Å²) in [6.45, 7) is 6.14. The van der Waals surface area contributed by atoms with Gasteiger partial charge in [0.1, 0.15) is 0 Å². The van der Waals surface area contributed by atoms with Gasteiger partial charge in [-0.3, -0.25) is 4.79 Å². The first-order chi connectivity index (χ1) is 12.7. The molecule has 1 amide bonds. The zero-order valence-electron chi connectivity index (χ0n) is 14.8. The van der Waals surface area contributed by atoms with E-state index in [-0.39, 0.29) is 5.91 Å². The normalized spacial score (nSPS) is 15.2. The Balaban J connectivity index is 1.61. The average molecular weight is 375 g/mol. The number of carbonyl (C=O) groups is 1. The first-order valence-corrected chi connectivity index (χ1v) is 9.15. The fraction of sp³-hybridized carbons (Fsp3) is 0.368. The first-order valence-electron chi connectivity index (χ1n) is 8.78. The van der Waals surface area contributed by atoms with Crippen LogP contribution in [0.5, 0.6) is 0 Å². The molecule has 0 bridgehead atoms. The fourth-order valence-corrected chi connectivity index (χ4v) is 3.12. The van der Waals surface area contributed by atoms with E-state index in [1.165, 1.54) is 6.26 Å². The summed E-state index contributed by atoms with van der Waals surface area (Å²) >= 11 is 6.04. The molecule has 1 aromatic carbocycles. The molecule has 1 fully saturated rings. The molecule has 0 aliphatic carbocycles. The van der Waals surface area contributed by atoms with Crippen molar-refractivity contribution in [1.29, 1.82) is 0 Å². The van der Waals surface area contributed by atoms with Crippen LogP contribution >= 0.6 is 11.6 Å². The fourth-order valence-electron chi connectivity index (χ4n) is 2.90. The summed E-state index contributed by atoms with van der Waals surface area (Å²) in [7, 11) is 0. The summed E-state index contributed by atoms with van der Waals surface area (Å²) in [6.07, 6.45) is 1.52. The number of nitrogens with one attached hydrogen (secondary N) is 1. The van der Waals surface area contributed by atoms with E-state index in [4.69, 9.17) is 21.0 Å². The van der Waals surface area contributed by atoms with Gasteiger partial charge in [0, 0.05) is 37.7 Å². The van der Waals surface area contributed by atoms with Crippen LogP contribution in [0.15, 0.2) is 52.1 Å². The molecule has 0 unspecified atom stereocenters. The molecule has 1 aliphatic heterocycles. The number of nitrogens with zero attached hydrogens (tertiary/aromatic N) is 3. The Hall–Kier alpha value is -2.47. The molecule has 2 heterocycles. The number of guanidine groups is 1. The smallest absolute Gasteiger partial charge is 0.289 e. The van der Waals surface area contributed by atoms with Crippen LogP contribution in [0.1, 0.15) is 23.0 Å². The van der Waals surface area contributed by atoms with Crippen LogP contribution in [0, 0.1) is 0 Å². The number of aliphatic imine (C=N–C) groups is 1. The highest BCUT2D eigenvalue weighted by Crippen LogP contribution is 2.13. The van der Waals surface area contributed by atoms with Crippen molar-refractivity contribution in [1.82, 2.24) is 15.1 Å². The minimum Gasteiger partial charge on any atom is -0.459 e. The molecule has 26 heavy (non-hydrogen) atoms. The topological polar surface area (TPSA) is 61.1 Å². The Kier molecular flexibility index (Phi) is 6.17. The molecule has 0 saturated carbocycles. The van der Waals surface area contributed by atoms with Gasteiger partial charge >= 0.3 is 0 Å². The van der Waals surface area contributed by atoms with Gasteiger partial charge < -0.3 is 19.5 Å². The van der Waals surface area contributed by atoms with Crippen LogP contribution in [-0.2, 0) is 6.54 Å². The molecule has 1 aliphatic rings. The number of hydrogen-bond acceptors (Lipinski definition) is 3. The molecule has 1 saturated heterocycles. The molecule has 0 radical (unpaired) electrons. The lowest BCUT2D eigenvalue weighted by Crippen LogP contribution is -2.53. The van der Waals surface area contributed by atoms with Gasteiger partial charge in [-0.15, -0.1) is 0 Å². The van der Waals surface area contributed by atoms with Crippen LogP contribution in [0.3, 0.4) is 0 Å². The molecular formula is C19H23ClN4O2. The van der Waals surface area contributed by atoms with E-state index in [0.717, 1.165) is 31.2 Å². The zero-order valence-corrected chi connectivity index (χ0v) is 15.6. The van der Waals surface area contributed by atoms with Crippen molar-refractivity contribution in [3.05, 3.63) is 59.0 Å². The summed E-state index contributed by atoms with van der Waals surface area (Å²) < 4.78 is 5.21. The quantitative estimate of drug-likeness (QED) is 0.660. The van der Waals surface area contributed by atoms with Crippen molar-refractivity contribution in [3.8, 4) is 0 Å². The maximum atomic E-state index is 12.4. The number of rotatable bonds is 4. The van der Waals surface area contributed by atoms with E-state index in [1.807, 2.05) is 36.1 Å². The Morgan fingerprint density at radius 1 is 1.19 bits per heavy atom. The van der Waals surface area contributed by atoms with Gasteiger partial charge in [0.2, 0.25) is 0 Å². The number of halogens is 1. The van der Waals surface area contributed by atoms with Crippen molar-refractivity contribution in [3.63, 3.8) is 0 Å². The Bertz CT molecular complexity index is 753. The Labute approximate surface area is 158 Å². The standard InChI is InChI=1S/C19H23ClN4O2/c1-2-21-19(22-14-15-5-3-6-16(20)13-15)24-10-8-23(9-11-24)18(25)17-7-4-12-26-17/h3-7,12-13H,2,8-11,14H2,1H3,(H,21,22). The Morgan fingerprint density at radius 2 is 1.96 bits per heavy atom. The van der Waals surface area contributed by atoms with Gasteiger partial charge in [-0.2, -0.15) is 0 Å². The predicted octanol–water partition coefficient (Wildman–Crippen LogP) is 2.86. The molecule has 7 heteroatoms. The third-order valence-electron chi connectivity index (χ3n) is 4.23. The second-order valence-corrected chi connectivity index (χ2v) is 6.49. The average Bonchev–Trinajstić information content (AvgIpc) is 3.19. The molecule has 138 valence electrons. The minimum atomic E-state index is -0.0597. The summed E-state index contributed by atoms with van der Waals surface area (Å²) in [5.41, 5.74) is 1.07. The van der Waals surface area contributed by atoms with Crippen LogP contribution in [-0.4, -0.2) is 54.4 Å². The van der Waals surface area contributed by atoms with E-state index in [1.54, 1.807) is 12.1 Å². The maximum Gasteiger partial charge on any atom is 0.289 e. The summed E-state index contributed by atoms with van der Waals surface area (Å²) in [4.78, 5) is 21.1. The maximum absolute atomic E-state index is 12.4. The highest BCUT2D eigenvalue weighted by atomic mass is 35.5.